The van der Waals surface area contributed by atoms with Crippen LogP contribution in [0.4, 0.5) is 5.69 Å². The predicted molar refractivity (Wildman–Crippen MR) is 76.9 cm³/mol. The van der Waals surface area contributed by atoms with E-state index in [2.05, 4.69) is 31.9 Å². The molecule has 0 unspecified atom stereocenters. The fourth-order valence-electron chi connectivity index (χ4n) is 1.91. The molecule has 2 nitrogen and oxygen atoms in total. The van der Waals surface area contributed by atoms with Crippen molar-refractivity contribution in [3.63, 3.8) is 0 Å². The first-order valence-electron chi connectivity index (χ1n) is 6.24. The molecule has 0 aliphatic rings. The lowest BCUT2D eigenvalue weighted by Gasteiger charge is -2.24. The molecule has 2 N–H and O–H groups in total. The fraction of sp³-hybridized carbons (Fsp3) is 0.571. The Hall–Kier alpha value is -0.730. The second-order valence-corrected chi connectivity index (χ2v) is 5.30. The van der Waals surface area contributed by atoms with Gasteiger partial charge in [-0.25, -0.2) is 0 Å². The predicted octanol–water partition coefficient (Wildman–Crippen LogP) is 3.32. The van der Waals surface area contributed by atoms with E-state index in [-0.39, 0.29) is 0 Å². The maximum Gasteiger partial charge on any atom is 0.0642 e. The molecular weight excluding hydrogens is 232 g/mol. The average molecular weight is 255 g/mol. The first-order valence-corrected chi connectivity index (χ1v) is 6.62. The summed E-state index contributed by atoms with van der Waals surface area (Å²) in [4.78, 5) is 2.24. The molecule has 0 aliphatic carbocycles. The molecule has 0 radical (unpaired) electrons. The number of anilines is 1. The number of hydrogen-bond donors (Lipinski definition) is 1. The van der Waals surface area contributed by atoms with Gasteiger partial charge in [-0.1, -0.05) is 37.6 Å². The quantitative estimate of drug-likeness (QED) is 0.844. The molecule has 0 heterocycles. The zero-order chi connectivity index (χ0) is 12.8. The summed E-state index contributed by atoms with van der Waals surface area (Å²) < 4.78 is 0. The highest BCUT2D eigenvalue weighted by Crippen LogP contribution is 2.29. The van der Waals surface area contributed by atoms with E-state index in [1.54, 1.807) is 0 Å². The normalized spacial score (nSPS) is 10.9. The van der Waals surface area contributed by atoms with Crippen LogP contribution in [0.1, 0.15) is 25.8 Å². The summed E-state index contributed by atoms with van der Waals surface area (Å²) in [7, 11) is 2.10. The third-order valence-corrected chi connectivity index (χ3v) is 3.21. The Bertz CT molecular complexity index is 350. The number of benzene rings is 1. The van der Waals surface area contributed by atoms with E-state index in [4.69, 9.17) is 17.3 Å². The Morgan fingerprint density at radius 3 is 2.65 bits per heavy atom. The zero-order valence-electron chi connectivity index (χ0n) is 11.0. The number of rotatable bonds is 6. The first kappa shape index (κ1) is 14.3. The second-order valence-electron chi connectivity index (χ2n) is 4.89. The first-order chi connectivity index (χ1) is 8.06. The standard InChI is InChI=1S/C14H23ClN2/c1-11(2)8-10-17(3)14-12(7-9-16)5-4-6-13(14)15/h4-6,11H,7-10,16H2,1-3H3. The molecule has 0 saturated heterocycles. The van der Waals surface area contributed by atoms with Gasteiger partial charge in [-0.05, 0) is 36.9 Å². The topological polar surface area (TPSA) is 29.3 Å². The third-order valence-electron chi connectivity index (χ3n) is 2.91. The van der Waals surface area contributed by atoms with E-state index < -0.39 is 0 Å². The summed E-state index contributed by atoms with van der Waals surface area (Å²) in [5.74, 6) is 0.706. The minimum atomic E-state index is 0.658. The van der Waals surface area contributed by atoms with Crippen molar-refractivity contribution in [1.29, 1.82) is 0 Å². The van der Waals surface area contributed by atoms with Gasteiger partial charge < -0.3 is 10.6 Å². The Balaban J connectivity index is 2.86. The van der Waals surface area contributed by atoms with Gasteiger partial charge in [0.15, 0.2) is 0 Å². The maximum absolute atomic E-state index is 6.29. The Morgan fingerprint density at radius 1 is 1.35 bits per heavy atom. The van der Waals surface area contributed by atoms with Crippen LogP contribution in [0, 0.1) is 5.92 Å². The van der Waals surface area contributed by atoms with E-state index >= 15 is 0 Å². The van der Waals surface area contributed by atoms with Crippen molar-refractivity contribution in [3.05, 3.63) is 28.8 Å². The van der Waals surface area contributed by atoms with Gasteiger partial charge in [0.2, 0.25) is 0 Å². The lowest BCUT2D eigenvalue weighted by atomic mass is 10.1. The van der Waals surface area contributed by atoms with Crippen LogP contribution in [0.2, 0.25) is 5.02 Å². The van der Waals surface area contributed by atoms with Crippen molar-refractivity contribution >= 4 is 17.3 Å². The molecule has 96 valence electrons. The Labute approximate surface area is 110 Å². The highest BCUT2D eigenvalue weighted by atomic mass is 35.5. The SMILES string of the molecule is CC(C)CCN(C)c1c(Cl)cccc1CCN. The number of nitrogens with two attached hydrogens (primary N) is 1. The highest BCUT2D eigenvalue weighted by Gasteiger charge is 2.11. The molecule has 0 aliphatic heterocycles. The van der Waals surface area contributed by atoms with Gasteiger partial charge in [-0.2, -0.15) is 0 Å². The summed E-state index contributed by atoms with van der Waals surface area (Å²) in [6, 6.07) is 6.05. The average Bonchev–Trinajstić information content (AvgIpc) is 2.26. The van der Waals surface area contributed by atoms with E-state index in [9.17, 15) is 0 Å². The number of halogens is 1. The molecule has 0 amide bonds. The largest absolute Gasteiger partial charge is 0.373 e. The van der Waals surface area contributed by atoms with Crippen LogP contribution in [0.25, 0.3) is 0 Å². The molecule has 3 heteroatoms. The van der Waals surface area contributed by atoms with E-state index in [1.807, 2.05) is 12.1 Å². The van der Waals surface area contributed by atoms with Crippen LogP contribution in [-0.2, 0) is 6.42 Å². The van der Waals surface area contributed by atoms with Gasteiger partial charge in [-0.15, -0.1) is 0 Å². The van der Waals surface area contributed by atoms with E-state index in [0.29, 0.717) is 12.5 Å². The number of nitrogens with zero attached hydrogens (tertiary/aromatic N) is 1. The van der Waals surface area contributed by atoms with E-state index in [0.717, 1.165) is 23.7 Å². The summed E-state index contributed by atoms with van der Waals surface area (Å²) in [5.41, 5.74) is 8.02. The lowest BCUT2D eigenvalue weighted by Crippen LogP contribution is -2.22. The van der Waals surface area contributed by atoms with Crippen molar-refractivity contribution in [1.82, 2.24) is 0 Å². The molecule has 0 saturated carbocycles. The number of hydrogen-bond acceptors (Lipinski definition) is 2. The van der Waals surface area contributed by atoms with Crippen LogP contribution in [0.15, 0.2) is 18.2 Å². The van der Waals surface area contributed by atoms with Crippen molar-refractivity contribution in [3.8, 4) is 0 Å². The van der Waals surface area contributed by atoms with Crippen molar-refractivity contribution in [2.24, 2.45) is 11.7 Å². The van der Waals surface area contributed by atoms with Gasteiger partial charge in [-0.3, -0.25) is 0 Å². The minimum absolute atomic E-state index is 0.658. The molecule has 1 rings (SSSR count). The van der Waals surface area contributed by atoms with Gasteiger partial charge >= 0.3 is 0 Å². The Kier molecular flexibility index (Phi) is 5.79. The van der Waals surface area contributed by atoms with Gasteiger partial charge in [0.05, 0.1) is 10.7 Å². The summed E-state index contributed by atoms with van der Waals surface area (Å²) in [5, 5.41) is 0.821. The maximum atomic E-state index is 6.29. The molecule has 1 aromatic carbocycles. The van der Waals surface area contributed by atoms with Crippen molar-refractivity contribution in [2.75, 3.05) is 25.0 Å². The smallest absolute Gasteiger partial charge is 0.0642 e. The summed E-state index contributed by atoms with van der Waals surface area (Å²) >= 11 is 6.29. The van der Waals surface area contributed by atoms with Crippen LogP contribution < -0.4 is 10.6 Å². The van der Waals surface area contributed by atoms with Crippen LogP contribution >= 0.6 is 11.6 Å². The molecule has 0 fully saturated rings. The second kappa shape index (κ2) is 6.87. The molecule has 0 bridgehead atoms. The monoisotopic (exact) mass is 254 g/mol. The Morgan fingerprint density at radius 2 is 2.06 bits per heavy atom. The summed E-state index contributed by atoms with van der Waals surface area (Å²) in [6.07, 6.45) is 2.05. The van der Waals surface area contributed by atoms with Gasteiger partial charge in [0, 0.05) is 13.6 Å². The highest BCUT2D eigenvalue weighted by molar-refractivity contribution is 6.33. The fourth-order valence-corrected chi connectivity index (χ4v) is 2.25. The van der Waals surface area contributed by atoms with E-state index in [1.165, 1.54) is 12.0 Å². The van der Waals surface area contributed by atoms with Crippen LogP contribution in [0.3, 0.4) is 0 Å². The minimum Gasteiger partial charge on any atom is -0.373 e. The summed E-state index contributed by atoms with van der Waals surface area (Å²) in [6.45, 7) is 6.16. The number of para-hydroxylation sites is 1. The van der Waals surface area contributed by atoms with Crippen LogP contribution in [0.5, 0.6) is 0 Å². The molecule has 1 aromatic rings. The third kappa shape index (κ3) is 4.21. The van der Waals surface area contributed by atoms with Crippen molar-refractivity contribution in [2.45, 2.75) is 26.7 Å². The van der Waals surface area contributed by atoms with Gasteiger partial charge in [0.1, 0.15) is 0 Å². The molecule has 17 heavy (non-hydrogen) atoms. The zero-order valence-corrected chi connectivity index (χ0v) is 11.8. The van der Waals surface area contributed by atoms with Gasteiger partial charge in [0.25, 0.3) is 0 Å². The van der Waals surface area contributed by atoms with Crippen molar-refractivity contribution < 1.29 is 0 Å². The van der Waals surface area contributed by atoms with Crippen LogP contribution in [-0.4, -0.2) is 20.1 Å². The molecule has 0 atom stereocenters. The molecular formula is C14H23ClN2. The lowest BCUT2D eigenvalue weighted by molar-refractivity contribution is 0.584. The molecule has 0 aromatic heterocycles. The molecule has 0 spiro atoms.